The highest BCUT2D eigenvalue weighted by atomic mass is 35.5. The number of hydrogen-bond donors (Lipinski definition) is 1. The number of sulfonamides is 1. The second kappa shape index (κ2) is 10.8. The van der Waals surface area contributed by atoms with Gasteiger partial charge in [-0.15, -0.1) is 22.7 Å². The summed E-state index contributed by atoms with van der Waals surface area (Å²) in [6.45, 7) is 2.16. The van der Waals surface area contributed by atoms with Crippen molar-refractivity contribution >= 4 is 56.1 Å². The highest BCUT2D eigenvalue weighted by Crippen LogP contribution is 2.23. The third-order valence-electron chi connectivity index (χ3n) is 5.68. The number of nitrogens with one attached hydrogen (secondary N) is 1. The summed E-state index contributed by atoms with van der Waals surface area (Å²) in [6, 6.07) is 1.93. The van der Waals surface area contributed by atoms with Crippen LogP contribution in [0.5, 0.6) is 0 Å². The molecule has 0 bridgehead atoms. The molecule has 180 valence electrons. The van der Waals surface area contributed by atoms with Gasteiger partial charge in [0.25, 0.3) is 0 Å². The van der Waals surface area contributed by atoms with E-state index in [1.807, 2.05) is 5.38 Å². The molecule has 2 aromatic rings. The predicted octanol–water partition coefficient (Wildman–Crippen LogP) is 1.39. The van der Waals surface area contributed by atoms with E-state index < -0.39 is 22.1 Å². The van der Waals surface area contributed by atoms with Crippen molar-refractivity contribution in [2.75, 3.05) is 38.6 Å². The first-order valence-corrected chi connectivity index (χ1v) is 14.4. The number of carbonyl (C=O) groups excluding carboxylic acids is 2. The topological polar surface area (TPSA) is 109 Å². The fourth-order valence-electron chi connectivity index (χ4n) is 3.98. The van der Waals surface area contributed by atoms with Gasteiger partial charge in [0.15, 0.2) is 0 Å². The van der Waals surface area contributed by atoms with Gasteiger partial charge in [-0.1, -0.05) is 11.6 Å². The summed E-state index contributed by atoms with van der Waals surface area (Å²) < 4.78 is 33.7. The molecule has 9 nitrogen and oxygen atoms in total. The molecule has 2 saturated heterocycles. The van der Waals surface area contributed by atoms with E-state index in [0.717, 1.165) is 10.6 Å². The zero-order chi connectivity index (χ0) is 23.4. The average Bonchev–Trinajstić information content (AvgIpc) is 3.54. The average molecular weight is 533 g/mol. The molecule has 1 N–H and O–H groups in total. The Morgan fingerprint density at radius 1 is 1.30 bits per heavy atom. The predicted molar refractivity (Wildman–Crippen MR) is 127 cm³/mol. The number of hydrogen-bond acceptors (Lipinski definition) is 8. The van der Waals surface area contributed by atoms with Gasteiger partial charge in [-0.05, 0) is 25.0 Å². The summed E-state index contributed by atoms with van der Waals surface area (Å²) in [5.41, 5.74) is 2.42. The van der Waals surface area contributed by atoms with Gasteiger partial charge in [0.05, 0.1) is 34.5 Å². The number of aromatic nitrogens is 1. The van der Waals surface area contributed by atoms with Crippen LogP contribution in [0.25, 0.3) is 0 Å². The number of morpholine rings is 1. The molecule has 0 saturated carbocycles. The van der Waals surface area contributed by atoms with Crippen molar-refractivity contribution in [2.45, 2.75) is 31.3 Å². The van der Waals surface area contributed by atoms with E-state index in [4.69, 9.17) is 16.3 Å². The summed E-state index contributed by atoms with van der Waals surface area (Å²) >= 11 is 8.67. The van der Waals surface area contributed by atoms with Crippen LogP contribution < -0.4 is 4.72 Å². The quantitative estimate of drug-likeness (QED) is 0.523. The normalized spacial score (nSPS) is 20.4. The molecule has 0 unspecified atom stereocenters. The van der Waals surface area contributed by atoms with Crippen LogP contribution in [0, 0.1) is 0 Å². The molecule has 0 aliphatic carbocycles. The van der Waals surface area contributed by atoms with Gasteiger partial charge in [0.2, 0.25) is 21.8 Å². The maximum Gasteiger partial charge on any atom is 0.245 e. The van der Waals surface area contributed by atoms with Gasteiger partial charge >= 0.3 is 0 Å². The number of carbonyl (C=O) groups is 2. The van der Waals surface area contributed by atoms with Gasteiger partial charge in [0, 0.05) is 36.3 Å². The van der Waals surface area contributed by atoms with E-state index in [0.29, 0.717) is 56.4 Å². The molecule has 2 amide bonds. The van der Waals surface area contributed by atoms with Crippen LogP contribution in [0.2, 0.25) is 4.34 Å². The number of thiazole rings is 1. The Morgan fingerprint density at radius 3 is 2.76 bits per heavy atom. The van der Waals surface area contributed by atoms with Gasteiger partial charge in [0.1, 0.15) is 12.1 Å². The summed E-state index contributed by atoms with van der Waals surface area (Å²) in [7, 11) is -3.68. The van der Waals surface area contributed by atoms with Crippen molar-refractivity contribution < 1.29 is 22.7 Å². The zero-order valence-electron chi connectivity index (χ0n) is 17.8. The van der Waals surface area contributed by atoms with Crippen LogP contribution in [0.4, 0.5) is 0 Å². The molecule has 2 aliphatic heterocycles. The van der Waals surface area contributed by atoms with Crippen molar-refractivity contribution in [1.82, 2.24) is 19.5 Å². The standard InChI is InChI=1S/C20H25ClN4O5S3/c21-18-2-1-15(32-18)4-10-33(28,29)23-16-3-5-25(19(16)26)17(11-14-12-31-13-22-14)20(27)24-6-8-30-9-7-24/h1-2,12-13,16-17,23H,3-11H2/t16-,17-/m0/s1. The van der Waals surface area contributed by atoms with Crippen LogP contribution in [-0.2, 0) is 37.2 Å². The van der Waals surface area contributed by atoms with Gasteiger partial charge in [-0.3, -0.25) is 9.59 Å². The Balaban J connectivity index is 1.42. The van der Waals surface area contributed by atoms with Crippen LogP contribution in [0.3, 0.4) is 0 Å². The smallest absolute Gasteiger partial charge is 0.245 e. The maximum absolute atomic E-state index is 13.3. The molecule has 0 aromatic carbocycles. The molecular formula is C20H25ClN4O5S3. The summed E-state index contributed by atoms with van der Waals surface area (Å²) in [6.07, 6.45) is 0.927. The van der Waals surface area contributed by atoms with Crippen LogP contribution in [0.15, 0.2) is 23.0 Å². The lowest BCUT2D eigenvalue weighted by atomic mass is 10.1. The molecule has 2 aromatic heterocycles. The Labute approximate surface area is 205 Å². The number of thiophene rings is 1. The van der Waals surface area contributed by atoms with E-state index in [9.17, 15) is 18.0 Å². The maximum atomic E-state index is 13.3. The minimum absolute atomic E-state index is 0.136. The molecule has 0 radical (unpaired) electrons. The molecule has 4 rings (SSSR count). The van der Waals surface area contributed by atoms with E-state index in [1.54, 1.807) is 22.5 Å². The first-order chi connectivity index (χ1) is 15.8. The first-order valence-electron chi connectivity index (χ1n) is 10.6. The summed E-state index contributed by atoms with van der Waals surface area (Å²) in [5.74, 6) is -0.667. The zero-order valence-corrected chi connectivity index (χ0v) is 21.0. The lowest BCUT2D eigenvalue weighted by molar-refractivity contribution is -0.146. The van der Waals surface area contributed by atoms with E-state index >= 15 is 0 Å². The van der Waals surface area contributed by atoms with Crippen molar-refractivity contribution in [1.29, 1.82) is 0 Å². The van der Waals surface area contributed by atoms with Gasteiger partial charge in [-0.2, -0.15) is 0 Å². The van der Waals surface area contributed by atoms with E-state index in [-0.39, 0.29) is 17.6 Å². The number of amides is 2. The minimum atomic E-state index is -3.68. The first kappa shape index (κ1) is 24.6. The Morgan fingerprint density at radius 2 is 2.09 bits per heavy atom. The molecule has 2 aliphatic rings. The SMILES string of the molecule is O=C([C@H](Cc1cscn1)N1CC[C@H](NS(=O)(=O)CCc2ccc(Cl)s2)C1=O)N1CCOCC1. The van der Waals surface area contributed by atoms with Crippen LogP contribution in [0.1, 0.15) is 17.0 Å². The van der Waals surface area contributed by atoms with Crippen LogP contribution in [-0.4, -0.2) is 85.7 Å². The molecule has 0 spiro atoms. The minimum Gasteiger partial charge on any atom is -0.378 e. The fourth-order valence-corrected chi connectivity index (χ4v) is 7.03. The third kappa shape index (κ3) is 6.31. The largest absolute Gasteiger partial charge is 0.378 e. The second-order valence-electron chi connectivity index (χ2n) is 7.90. The number of ether oxygens (including phenoxy) is 1. The number of nitrogens with zero attached hydrogens (tertiary/aromatic N) is 3. The van der Waals surface area contributed by atoms with Crippen molar-refractivity contribution in [3.63, 3.8) is 0 Å². The Kier molecular flexibility index (Phi) is 8.03. The lowest BCUT2D eigenvalue weighted by Crippen LogP contribution is -2.54. The Bertz CT molecular complexity index is 1070. The van der Waals surface area contributed by atoms with Gasteiger partial charge < -0.3 is 14.5 Å². The molecular weight excluding hydrogens is 508 g/mol. The Hall–Kier alpha value is -1.57. The highest BCUT2D eigenvalue weighted by molar-refractivity contribution is 7.89. The number of halogens is 1. The number of likely N-dealkylation sites (tertiary alicyclic amines) is 1. The molecule has 2 fully saturated rings. The van der Waals surface area contributed by atoms with E-state index in [1.165, 1.54) is 27.6 Å². The van der Waals surface area contributed by atoms with Gasteiger partial charge in [-0.25, -0.2) is 18.1 Å². The monoisotopic (exact) mass is 532 g/mol. The molecule has 4 heterocycles. The van der Waals surface area contributed by atoms with Crippen molar-refractivity contribution in [2.24, 2.45) is 0 Å². The van der Waals surface area contributed by atoms with Crippen molar-refractivity contribution in [3.05, 3.63) is 37.9 Å². The fraction of sp³-hybridized carbons (Fsp3) is 0.550. The second-order valence-corrected chi connectivity index (χ2v) is 12.3. The summed E-state index contributed by atoms with van der Waals surface area (Å²) in [5, 5.41) is 1.86. The third-order valence-corrected chi connectivity index (χ3v) is 8.99. The molecule has 13 heteroatoms. The number of aryl methyl sites for hydroxylation is 1. The van der Waals surface area contributed by atoms with Crippen LogP contribution >= 0.6 is 34.3 Å². The highest BCUT2D eigenvalue weighted by Gasteiger charge is 2.42. The lowest BCUT2D eigenvalue weighted by Gasteiger charge is -2.34. The number of rotatable bonds is 9. The summed E-state index contributed by atoms with van der Waals surface area (Å²) in [4.78, 5) is 34.9. The van der Waals surface area contributed by atoms with Crippen molar-refractivity contribution in [3.8, 4) is 0 Å². The van der Waals surface area contributed by atoms with E-state index in [2.05, 4.69) is 9.71 Å². The molecule has 2 atom stereocenters. The molecule has 33 heavy (non-hydrogen) atoms.